The number of thiazole rings is 1. The molecule has 3 atom stereocenters. The van der Waals surface area contributed by atoms with E-state index >= 15 is 0 Å². The van der Waals surface area contributed by atoms with Crippen LogP contribution in [0, 0.1) is 5.92 Å². The number of thioether (sulfide) groups is 1. The van der Waals surface area contributed by atoms with Crippen LogP contribution in [0.4, 0.5) is 24.5 Å². The van der Waals surface area contributed by atoms with Crippen LogP contribution in [0.15, 0.2) is 70.5 Å². The van der Waals surface area contributed by atoms with Gasteiger partial charge in [-0.3, -0.25) is 23.7 Å². The average molecular weight is 733 g/mol. The largest absolute Gasteiger partial charge is 0.416 e. The number of carbonyl (C=O) groups excluding carboxylic acids is 3. The lowest BCUT2D eigenvalue weighted by Gasteiger charge is -2.31. The maximum Gasteiger partial charge on any atom is 0.416 e. The van der Waals surface area contributed by atoms with E-state index in [1.165, 1.54) is 34.9 Å². The molecule has 7 nitrogen and oxygen atoms in total. The number of aromatic nitrogens is 1. The molecule has 0 aliphatic carbocycles. The number of nitrogens with one attached hydrogen (secondary N) is 1. The van der Waals surface area contributed by atoms with Gasteiger partial charge in [0, 0.05) is 16.5 Å². The predicted octanol–water partition coefficient (Wildman–Crippen LogP) is 7.98. The summed E-state index contributed by atoms with van der Waals surface area (Å²) in [5.74, 6) is -4.23. The molecule has 1 saturated heterocycles. The molecule has 0 saturated carbocycles. The molecule has 3 amide bonds. The summed E-state index contributed by atoms with van der Waals surface area (Å²) in [6.07, 6.45) is -4.71. The Bertz CT molecular complexity index is 1970. The topological polar surface area (TPSA) is 88.5 Å². The third-order valence-electron chi connectivity index (χ3n) is 7.30. The lowest BCUT2D eigenvalue weighted by atomic mass is 9.83. The first-order valence-corrected chi connectivity index (χ1v) is 16.1. The summed E-state index contributed by atoms with van der Waals surface area (Å²) in [6, 6.07) is 13.1. The van der Waals surface area contributed by atoms with E-state index < -0.39 is 58.0 Å². The van der Waals surface area contributed by atoms with Gasteiger partial charge in [-0.2, -0.15) is 13.2 Å². The number of anilines is 2. The number of hydrogen-bond acceptors (Lipinski definition) is 6. The number of amides is 3. The summed E-state index contributed by atoms with van der Waals surface area (Å²) >= 11 is 26.6. The third kappa shape index (κ3) is 5.77. The third-order valence-corrected chi connectivity index (χ3v) is 11.5. The molecule has 16 heteroatoms. The molecule has 1 aromatic heterocycles. The van der Waals surface area contributed by atoms with Crippen molar-refractivity contribution >= 4 is 98.6 Å². The number of benzene rings is 3. The van der Waals surface area contributed by atoms with Crippen LogP contribution < -0.4 is 15.1 Å². The van der Waals surface area contributed by atoms with Crippen molar-refractivity contribution in [3.63, 3.8) is 0 Å². The van der Waals surface area contributed by atoms with Crippen molar-refractivity contribution in [2.45, 2.75) is 28.9 Å². The molecule has 3 aromatic carbocycles. The molecule has 45 heavy (non-hydrogen) atoms. The van der Waals surface area contributed by atoms with Gasteiger partial charge in [-0.05, 0) is 48.0 Å². The minimum Gasteiger partial charge on any atom is -0.324 e. The van der Waals surface area contributed by atoms with E-state index in [4.69, 9.17) is 46.4 Å². The van der Waals surface area contributed by atoms with Crippen LogP contribution in [0.3, 0.4) is 0 Å². The summed E-state index contributed by atoms with van der Waals surface area (Å²) in [7, 11) is 0. The number of carbonyl (C=O) groups is 3. The smallest absolute Gasteiger partial charge is 0.324 e. The highest BCUT2D eigenvalue weighted by atomic mass is 35.5. The van der Waals surface area contributed by atoms with Gasteiger partial charge in [0.1, 0.15) is 11.8 Å². The molecule has 0 radical (unpaired) electrons. The van der Waals surface area contributed by atoms with Crippen molar-refractivity contribution in [3.05, 3.63) is 106 Å². The van der Waals surface area contributed by atoms with E-state index in [2.05, 4.69) is 5.32 Å². The van der Waals surface area contributed by atoms with Gasteiger partial charge >= 0.3 is 11.0 Å². The molecule has 1 N–H and O–H groups in total. The summed E-state index contributed by atoms with van der Waals surface area (Å²) in [5, 5.41) is 2.47. The molecule has 2 aliphatic heterocycles. The minimum absolute atomic E-state index is 0.0864. The Morgan fingerprint density at radius 2 is 1.62 bits per heavy atom. The number of alkyl halides is 3. The lowest BCUT2D eigenvalue weighted by molar-refractivity contribution is -0.137. The van der Waals surface area contributed by atoms with Crippen molar-refractivity contribution in [3.8, 4) is 0 Å². The predicted molar refractivity (Wildman–Crippen MR) is 169 cm³/mol. The number of halogens is 7. The van der Waals surface area contributed by atoms with Crippen LogP contribution in [-0.4, -0.2) is 27.5 Å². The van der Waals surface area contributed by atoms with E-state index in [9.17, 15) is 32.3 Å². The number of imide groups is 1. The van der Waals surface area contributed by atoms with Crippen LogP contribution in [0.25, 0.3) is 0 Å². The van der Waals surface area contributed by atoms with E-state index in [1.807, 2.05) is 0 Å². The van der Waals surface area contributed by atoms with Gasteiger partial charge in [-0.1, -0.05) is 87.7 Å². The molecule has 0 spiro atoms. The molecule has 3 unspecified atom stereocenters. The average Bonchev–Trinajstić information content (AvgIpc) is 3.42. The molecular weight excluding hydrogens is 717 g/mol. The fraction of sp³-hybridized carbons (Fsp3) is 0.172. The van der Waals surface area contributed by atoms with Gasteiger partial charge in [0.2, 0.25) is 17.7 Å². The van der Waals surface area contributed by atoms with E-state index in [1.54, 1.807) is 12.1 Å². The van der Waals surface area contributed by atoms with E-state index in [0.717, 1.165) is 46.2 Å². The maximum atomic E-state index is 14.0. The second kappa shape index (κ2) is 12.0. The summed E-state index contributed by atoms with van der Waals surface area (Å²) in [5.41, 5.74) is -0.594. The molecule has 1 fully saturated rings. The van der Waals surface area contributed by atoms with Gasteiger partial charge < -0.3 is 5.32 Å². The van der Waals surface area contributed by atoms with Gasteiger partial charge in [0.15, 0.2) is 0 Å². The minimum atomic E-state index is -4.71. The van der Waals surface area contributed by atoms with Crippen LogP contribution in [0.2, 0.25) is 20.1 Å². The Hall–Kier alpha value is -3.00. The first-order valence-electron chi connectivity index (χ1n) is 12.9. The van der Waals surface area contributed by atoms with Crippen molar-refractivity contribution in [1.82, 2.24) is 4.57 Å². The monoisotopic (exact) mass is 731 g/mol. The SMILES string of the molecule is O=C(Cn1c2c(sc1=O)C(c1cccc(Cl)c1Cl)C1C(=O)N(c3cccc(C(F)(F)F)c3)C(=O)C1S2)Nc1ccc(Cl)c(Cl)c1. The normalized spacial score (nSPS) is 19.4. The lowest BCUT2D eigenvalue weighted by Crippen LogP contribution is -2.33. The van der Waals surface area contributed by atoms with Gasteiger partial charge in [-0.25, -0.2) is 4.90 Å². The van der Waals surface area contributed by atoms with Crippen LogP contribution >= 0.6 is 69.5 Å². The van der Waals surface area contributed by atoms with Crippen molar-refractivity contribution < 1.29 is 27.6 Å². The van der Waals surface area contributed by atoms with Crippen molar-refractivity contribution in [2.75, 3.05) is 10.2 Å². The molecule has 232 valence electrons. The Labute approximate surface area is 280 Å². The number of rotatable bonds is 5. The summed E-state index contributed by atoms with van der Waals surface area (Å²) in [4.78, 5) is 54.8. The Balaban J connectivity index is 1.43. The van der Waals surface area contributed by atoms with Gasteiger partial charge in [-0.15, -0.1) is 0 Å². The second-order valence-corrected chi connectivity index (χ2v) is 13.8. The first kappa shape index (κ1) is 32.0. The number of nitrogens with zero attached hydrogens (tertiary/aromatic N) is 2. The van der Waals surface area contributed by atoms with Crippen LogP contribution in [0.5, 0.6) is 0 Å². The molecule has 2 aliphatic rings. The Morgan fingerprint density at radius 3 is 2.33 bits per heavy atom. The van der Waals surface area contributed by atoms with E-state index in [0.29, 0.717) is 16.1 Å². The second-order valence-electron chi connectivity index (χ2n) is 10.0. The highest BCUT2D eigenvalue weighted by Crippen LogP contribution is 2.55. The van der Waals surface area contributed by atoms with E-state index in [-0.39, 0.29) is 30.8 Å². The maximum absolute atomic E-state index is 14.0. The molecular formula is C29H16Cl4F3N3O4S2. The first-order chi connectivity index (χ1) is 21.3. The standard InChI is InChI=1S/C29H16Cl4F3N3O4S2/c30-16-8-7-13(10-18(16)32)37-19(40)11-38-27-24(45-28(38)43)20(15-5-2-6-17(31)22(15)33)21-23(44-27)26(42)39(25(21)41)14-4-1-3-12(9-14)29(34,35)36/h1-10,20-21,23H,11H2,(H,37,40). The number of fused-ring (bicyclic) bond motifs is 2. The zero-order valence-corrected chi connectivity index (χ0v) is 26.9. The molecule has 0 bridgehead atoms. The van der Waals surface area contributed by atoms with Crippen LogP contribution in [0.1, 0.15) is 21.9 Å². The quantitative estimate of drug-likeness (QED) is 0.210. The zero-order valence-electron chi connectivity index (χ0n) is 22.2. The van der Waals surface area contributed by atoms with Crippen molar-refractivity contribution in [2.24, 2.45) is 5.92 Å². The molecule has 6 rings (SSSR count). The van der Waals surface area contributed by atoms with Crippen LogP contribution in [-0.2, 0) is 27.1 Å². The fourth-order valence-corrected chi connectivity index (χ4v) is 8.83. The van der Waals surface area contributed by atoms with Gasteiger partial charge in [0.25, 0.3) is 0 Å². The molecule has 3 heterocycles. The zero-order chi connectivity index (χ0) is 32.4. The highest BCUT2D eigenvalue weighted by molar-refractivity contribution is 8.00. The summed E-state index contributed by atoms with van der Waals surface area (Å²) < 4.78 is 41.7. The van der Waals surface area contributed by atoms with Crippen molar-refractivity contribution in [1.29, 1.82) is 0 Å². The van der Waals surface area contributed by atoms with Gasteiger partial charge in [0.05, 0.1) is 42.3 Å². The number of hydrogen-bond donors (Lipinski definition) is 1. The highest BCUT2D eigenvalue weighted by Gasteiger charge is 2.57. The fourth-order valence-electron chi connectivity index (χ4n) is 5.34. The Kier molecular flexibility index (Phi) is 8.51. The molecule has 4 aromatic rings. The Morgan fingerprint density at radius 1 is 0.889 bits per heavy atom. The summed E-state index contributed by atoms with van der Waals surface area (Å²) in [6.45, 7) is -0.454.